The summed E-state index contributed by atoms with van der Waals surface area (Å²) in [5, 5.41) is 0. The molecule has 4 nitrogen and oxygen atoms in total. The number of aromatic nitrogens is 2. The van der Waals surface area contributed by atoms with Crippen LogP contribution in [0, 0.1) is 5.41 Å². The fraction of sp³-hybridized carbons (Fsp3) is 0.241. The zero-order chi connectivity index (χ0) is 23.0. The second-order valence-electron chi connectivity index (χ2n) is 9.30. The molecule has 34 heavy (non-hydrogen) atoms. The van der Waals surface area contributed by atoms with Gasteiger partial charge in [0.1, 0.15) is 6.17 Å². The normalized spacial score (nSPS) is 22.0. The first-order valence-electron chi connectivity index (χ1n) is 11.9. The van der Waals surface area contributed by atoms with Crippen molar-refractivity contribution in [3.63, 3.8) is 0 Å². The van der Waals surface area contributed by atoms with Gasteiger partial charge in [-0.15, -0.1) is 0 Å². The fourth-order valence-electron chi connectivity index (χ4n) is 5.78. The predicted octanol–water partition coefficient (Wildman–Crippen LogP) is 7.66. The van der Waals surface area contributed by atoms with Gasteiger partial charge in [-0.2, -0.15) is 0 Å². The highest BCUT2D eigenvalue weighted by Gasteiger charge is 2.46. The summed E-state index contributed by atoms with van der Waals surface area (Å²) in [6.07, 6.45) is 15.9. The van der Waals surface area contributed by atoms with Crippen LogP contribution in [0.4, 0.5) is 23.0 Å². The van der Waals surface area contributed by atoms with Crippen LogP contribution in [0.25, 0.3) is 0 Å². The smallest absolute Gasteiger partial charge is 0.178 e. The van der Waals surface area contributed by atoms with E-state index in [-0.39, 0.29) is 11.6 Å². The second kappa shape index (κ2) is 8.77. The molecule has 0 saturated carbocycles. The zero-order valence-corrected chi connectivity index (χ0v) is 19.8. The van der Waals surface area contributed by atoms with Gasteiger partial charge in [-0.05, 0) is 61.4 Å². The lowest BCUT2D eigenvalue weighted by Gasteiger charge is -2.47. The van der Waals surface area contributed by atoms with Crippen LogP contribution in [-0.4, -0.2) is 16.1 Å². The average molecular weight is 467 g/mol. The largest absolute Gasteiger partial charge is 0.302 e. The van der Waals surface area contributed by atoms with Crippen molar-refractivity contribution >= 4 is 34.6 Å². The molecule has 2 heterocycles. The summed E-state index contributed by atoms with van der Waals surface area (Å²) in [7, 11) is 0. The summed E-state index contributed by atoms with van der Waals surface area (Å²) in [5.74, 6) is 1.82. The quantitative estimate of drug-likeness (QED) is 0.361. The van der Waals surface area contributed by atoms with E-state index in [2.05, 4.69) is 88.7 Å². The molecule has 0 bridgehead atoms. The van der Waals surface area contributed by atoms with Crippen molar-refractivity contribution < 1.29 is 0 Å². The maximum atomic E-state index is 5.93. The molecule has 1 unspecified atom stereocenters. The number of anilines is 4. The van der Waals surface area contributed by atoms with E-state index in [1.165, 1.54) is 12.0 Å². The maximum absolute atomic E-state index is 5.93. The third-order valence-corrected chi connectivity index (χ3v) is 7.58. The Balaban J connectivity index is 1.41. The van der Waals surface area contributed by atoms with Crippen molar-refractivity contribution in [3.05, 3.63) is 108 Å². The highest BCUT2D eigenvalue weighted by atomic mass is 35.5. The SMILES string of the molecule is Cl/C=C\C1=CCCC2(CC=C2CC2N(c3ccccc3)c3nccnc3N2c2ccccc2)C1. The number of nitrogens with zero attached hydrogens (tertiary/aromatic N) is 4. The van der Waals surface area contributed by atoms with Crippen LogP contribution >= 0.6 is 11.6 Å². The summed E-state index contributed by atoms with van der Waals surface area (Å²) >= 11 is 5.93. The molecular formula is C29H27ClN4. The van der Waals surface area contributed by atoms with Gasteiger partial charge < -0.3 is 9.80 Å². The molecule has 3 aliphatic rings. The Kier molecular flexibility index (Phi) is 5.46. The number of hydrogen-bond acceptors (Lipinski definition) is 4. The standard InChI is InChI=1S/C29H27ClN4/c30-17-14-22-8-7-15-29(21-22)16-13-23(29)20-26-33(24-9-3-1-4-10-24)27-28(32-19-18-31-27)34(26)25-11-5-2-6-12-25/h1-6,8-14,17-19,26H,7,15-16,20-21H2/b17-14-. The highest BCUT2D eigenvalue weighted by Crippen LogP contribution is 2.56. The average Bonchev–Trinajstić information content (AvgIpc) is 3.22. The first kappa shape index (κ1) is 21.2. The molecule has 0 amide bonds. The van der Waals surface area contributed by atoms with Crippen molar-refractivity contribution in [1.82, 2.24) is 9.97 Å². The fourth-order valence-corrected chi connectivity index (χ4v) is 5.94. The minimum absolute atomic E-state index is 0.0588. The molecule has 0 N–H and O–H groups in total. The van der Waals surface area contributed by atoms with Crippen LogP contribution in [0.5, 0.6) is 0 Å². The Bertz CT molecular complexity index is 1200. The van der Waals surface area contributed by atoms with E-state index in [0.717, 1.165) is 48.7 Å². The maximum Gasteiger partial charge on any atom is 0.178 e. The van der Waals surface area contributed by atoms with Gasteiger partial charge in [0.15, 0.2) is 11.6 Å². The molecular weight excluding hydrogens is 440 g/mol. The minimum Gasteiger partial charge on any atom is -0.302 e. The van der Waals surface area contributed by atoms with E-state index >= 15 is 0 Å². The molecule has 2 aromatic carbocycles. The van der Waals surface area contributed by atoms with Crippen molar-refractivity contribution in [2.45, 2.75) is 38.3 Å². The van der Waals surface area contributed by atoms with Crippen LogP contribution in [0.3, 0.4) is 0 Å². The van der Waals surface area contributed by atoms with Gasteiger partial charge in [0.25, 0.3) is 0 Å². The number of hydrogen-bond donors (Lipinski definition) is 0. The van der Waals surface area contributed by atoms with Crippen LogP contribution in [-0.2, 0) is 0 Å². The third-order valence-electron chi connectivity index (χ3n) is 7.45. The molecule has 3 aromatic rings. The molecule has 6 rings (SSSR count). The molecule has 170 valence electrons. The zero-order valence-electron chi connectivity index (χ0n) is 19.0. The van der Waals surface area contributed by atoms with Gasteiger partial charge in [0.05, 0.1) is 0 Å². The Morgan fingerprint density at radius 1 is 0.882 bits per heavy atom. The topological polar surface area (TPSA) is 32.3 Å². The van der Waals surface area contributed by atoms with Crippen LogP contribution in [0.15, 0.2) is 108 Å². The van der Waals surface area contributed by atoms with Crippen molar-refractivity contribution in [1.29, 1.82) is 0 Å². The Morgan fingerprint density at radius 2 is 1.50 bits per heavy atom. The summed E-state index contributed by atoms with van der Waals surface area (Å²) in [4.78, 5) is 14.3. The number of benzene rings is 2. The monoisotopic (exact) mass is 466 g/mol. The molecule has 5 heteroatoms. The molecule has 0 fully saturated rings. The van der Waals surface area contributed by atoms with Crippen molar-refractivity contribution in [2.24, 2.45) is 5.41 Å². The van der Waals surface area contributed by atoms with Crippen molar-refractivity contribution in [2.75, 3.05) is 9.80 Å². The number of rotatable bonds is 5. The Labute approximate surface area is 205 Å². The third kappa shape index (κ3) is 3.54. The lowest BCUT2D eigenvalue weighted by molar-refractivity contribution is 0.265. The van der Waals surface area contributed by atoms with E-state index in [1.807, 2.05) is 0 Å². The summed E-state index contributed by atoms with van der Waals surface area (Å²) in [5.41, 5.74) is 7.05. The lowest BCUT2D eigenvalue weighted by atomic mass is 9.59. The second-order valence-corrected chi connectivity index (χ2v) is 9.55. The molecule has 0 radical (unpaired) electrons. The number of halogens is 1. The molecule has 1 spiro atoms. The molecule has 0 saturated heterocycles. The lowest BCUT2D eigenvalue weighted by Crippen LogP contribution is -2.42. The van der Waals surface area contributed by atoms with E-state index in [4.69, 9.17) is 21.6 Å². The van der Waals surface area contributed by atoms with E-state index in [1.54, 1.807) is 23.5 Å². The van der Waals surface area contributed by atoms with E-state index < -0.39 is 0 Å². The highest BCUT2D eigenvalue weighted by molar-refractivity contribution is 6.25. The van der Waals surface area contributed by atoms with E-state index in [0.29, 0.717) is 0 Å². The first-order valence-corrected chi connectivity index (χ1v) is 12.4. The van der Waals surface area contributed by atoms with Gasteiger partial charge in [0.2, 0.25) is 0 Å². The predicted molar refractivity (Wildman–Crippen MR) is 140 cm³/mol. The summed E-state index contributed by atoms with van der Waals surface area (Å²) < 4.78 is 0. The molecule has 1 aliphatic heterocycles. The van der Waals surface area contributed by atoms with Crippen molar-refractivity contribution in [3.8, 4) is 0 Å². The van der Waals surface area contributed by atoms with Crippen LogP contribution in [0.1, 0.15) is 32.1 Å². The van der Waals surface area contributed by atoms with Gasteiger partial charge >= 0.3 is 0 Å². The van der Waals surface area contributed by atoms with Gasteiger partial charge in [-0.3, -0.25) is 0 Å². The van der Waals surface area contributed by atoms with Crippen LogP contribution < -0.4 is 9.80 Å². The van der Waals surface area contributed by atoms with Gasteiger partial charge in [-0.1, -0.05) is 71.3 Å². The van der Waals surface area contributed by atoms with Gasteiger partial charge in [-0.25, -0.2) is 9.97 Å². The Hall–Kier alpha value is -3.37. The number of allylic oxidation sites excluding steroid dienone is 4. The molecule has 1 aromatic heterocycles. The molecule has 1 atom stereocenters. The van der Waals surface area contributed by atoms with Gasteiger partial charge in [0, 0.05) is 35.7 Å². The first-order chi connectivity index (χ1) is 16.8. The number of para-hydroxylation sites is 2. The minimum atomic E-state index is 0.0588. The Morgan fingerprint density at radius 3 is 2.03 bits per heavy atom. The summed E-state index contributed by atoms with van der Waals surface area (Å²) in [6, 6.07) is 21.1. The summed E-state index contributed by atoms with van der Waals surface area (Å²) in [6.45, 7) is 0. The number of fused-ring (bicyclic) bond motifs is 1. The van der Waals surface area contributed by atoms with Crippen LogP contribution in [0.2, 0.25) is 0 Å². The molecule has 2 aliphatic carbocycles. The van der Waals surface area contributed by atoms with E-state index in [9.17, 15) is 0 Å².